The molecule has 0 bridgehead atoms. The fourth-order valence-electron chi connectivity index (χ4n) is 1.76. The third-order valence-corrected chi connectivity index (χ3v) is 5.54. The molecular formula is C16H23BrN2O3Si. The van der Waals surface area contributed by atoms with Crippen molar-refractivity contribution in [2.75, 3.05) is 13.4 Å². The standard InChI is InChI=1S/C16H23BrN2O3Si/c1-19-8-7-18-16(19)22-13-5-6-14(17)15(11-13)21-12-20-9-10-23(2,3)4/h5-8,11H,9-10,12H2,1-4H3. The summed E-state index contributed by atoms with van der Waals surface area (Å²) < 4.78 is 19.6. The lowest BCUT2D eigenvalue weighted by molar-refractivity contribution is 0.0215. The molecule has 5 nitrogen and oxygen atoms in total. The Kier molecular flexibility index (Phi) is 6.26. The first kappa shape index (κ1) is 18.0. The van der Waals surface area contributed by atoms with Gasteiger partial charge < -0.3 is 18.8 Å². The molecule has 0 radical (unpaired) electrons. The van der Waals surface area contributed by atoms with Crippen molar-refractivity contribution in [1.29, 1.82) is 0 Å². The smallest absolute Gasteiger partial charge is 0.301 e. The number of halogens is 1. The maximum Gasteiger partial charge on any atom is 0.301 e. The summed E-state index contributed by atoms with van der Waals surface area (Å²) in [5.74, 6) is 1.35. The summed E-state index contributed by atoms with van der Waals surface area (Å²) in [6, 6.07) is 7.22. The Balaban J connectivity index is 1.89. The van der Waals surface area contributed by atoms with Crippen LogP contribution in [-0.4, -0.2) is 31.0 Å². The Morgan fingerprint density at radius 1 is 1.26 bits per heavy atom. The van der Waals surface area contributed by atoms with E-state index in [9.17, 15) is 0 Å². The van der Waals surface area contributed by atoms with Crippen LogP contribution in [0.1, 0.15) is 0 Å². The summed E-state index contributed by atoms with van der Waals surface area (Å²) in [4.78, 5) is 4.14. The van der Waals surface area contributed by atoms with Gasteiger partial charge in [0.05, 0.1) is 4.47 Å². The summed E-state index contributed by atoms with van der Waals surface area (Å²) in [7, 11) is 0.812. The minimum Gasteiger partial charge on any atom is -0.466 e. The highest BCUT2D eigenvalue weighted by Crippen LogP contribution is 2.31. The van der Waals surface area contributed by atoms with E-state index in [0.29, 0.717) is 17.5 Å². The van der Waals surface area contributed by atoms with Gasteiger partial charge in [0.1, 0.15) is 11.5 Å². The number of hydrogen-bond acceptors (Lipinski definition) is 4. The molecule has 2 aromatic rings. The SMILES string of the molecule is Cn1ccnc1Oc1ccc(Br)c(OCOCC[Si](C)(C)C)c1. The molecule has 0 N–H and O–H groups in total. The van der Waals surface area contributed by atoms with E-state index in [1.165, 1.54) is 0 Å². The van der Waals surface area contributed by atoms with Gasteiger partial charge in [-0.05, 0) is 34.1 Å². The first-order valence-electron chi connectivity index (χ1n) is 7.50. The topological polar surface area (TPSA) is 45.5 Å². The number of rotatable bonds is 8. The summed E-state index contributed by atoms with van der Waals surface area (Å²) >= 11 is 3.47. The van der Waals surface area contributed by atoms with E-state index in [1.807, 2.05) is 36.0 Å². The van der Waals surface area contributed by atoms with Crippen LogP contribution in [0.25, 0.3) is 0 Å². The molecule has 1 aromatic carbocycles. The van der Waals surface area contributed by atoms with Crippen LogP contribution < -0.4 is 9.47 Å². The maximum atomic E-state index is 5.73. The van der Waals surface area contributed by atoms with Crippen molar-refractivity contribution in [3.8, 4) is 17.5 Å². The zero-order chi connectivity index (χ0) is 16.9. The van der Waals surface area contributed by atoms with E-state index in [2.05, 4.69) is 40.6 Å². The molecule has 0 fully saturated rings. The lowest BCUT2D eigenvalue weighted by Crippen LogP contribution is -2.22. The largest absolute Gasteiger partial charge is 0.466 e. The fourth-order valence-corrected chi connectivity index (χ4v) is 2.87. The van der Waals surface area contributed by atoms with Crippen LogP contribution in [0, 0.1) is 0 Å². The molecule has 0 atom stereocenters. The number of aryl methyl sites for hydroxylation is 1. The molecule has 23 heavy (non-hydrogen) atoms. The van der Waals surface area contributed by atoms with Crippen LogP contribution in [0.15, 0.2) is 35.1 Å². The van der Waals surface area contributed by atoms with Crippen molar-refractivity contribution in [2.24, 2.45) is 7.05 Å². The third-order valence-electron chi connectivity index (χ3n) is 3.18. The van der Waals surface area contributed by atoms with Crippen molar-refractivity contribution in [2.45, 2.75) is 25.7 Å². The molecular weight excluding hydrogens is 376 g/mol. The molecule has 0 aliphatic rings. The second kappa shape index (κ2) is 7.99. The Morgan fingerprint density at radius 2 is 2.04 bits per heavy atom. The van der Waals surface area contributed by atoms with Crippen molar-refractivity contribution in [3.05, 3.63) is 35.1 Å². The lowest BCUT2D eigenvalue weighted by atomic mass is 10.3. The third kappa shape index (κ3) is 6.00. The first-order chi connectivity index (χ1) is 10.8. The molecule has 0 unspecified atom stereocenters. The van der Waals surface area contributed by atoms with Crippen molar-refractivity contribution < 1.29 is 14.2 Å². The van der Waals surface area contributed by atoms with Crippen molar-refractivity contribution in [1.82, 2.24) is 9.55 Å². The van der Waals surface area contributed by atoms with E-state index in [1.54, 1.807) is 6.20 Å². The zero-order valence-corrected chi connectivity index (χ0v) is 16.6. The molecule has 0 aliphatic heterocycles. The van der Waals surface area contributed by atoms with E-state index < -0.39 is 8.07 Å². The predicted octanol–water partition coefficient (Wildman–Crippen LogP) is 4.67. The highest BCUT2D eigenvalue weighted by molar-refractivity contribution is 9.10. The number of benzene rings is 1. The van der Waals surface area contributed by atoms with Gasteiger partial charge in [0.2, 0.25) is 0 Å². The zero-order valence-electron chi connectivity index (χ0n) is 14.0. The van der Waals surface area contributed by atoms with Crippen LogP contribution in [0.2, 0.25) is 25.7 Å². The van der Waals surface area contributed by atoms with Gasteiger partial charge in [0.15, 0.2) is 6.79 Å². The van der Waals surface area contributed by atoms with E-state index >= 15 is 0 Å². The van der Waals surface area contributed by atoms with Crippen LogP contribution in [-0.2, 0) is 11.8 Å². The van der Waals surface area contributed by atoms with E-state index in [4.69, 9.17) is 14.2 Å². The predicted molar refractivity (Wildman–Crippen MR) is 97.0 cm³/mol. The van der Waals surface area contributed by atoms with Crippen LogP contribution >= 0.6 is 15.9 Å². The lowest BCUT2D eigenvalue weighted by Gasteiger charge is -2.16. The molecule has 0 saturated carbocycles. The molecule has 1 aromatic heterocycles. The van der Waals surface area contributed by atoms with Gasteiger partial charge in [-0.15, -0.1) is 0 Å². The van der Waals surface area contributed by atoms with Gasteiger partial charge in [-0.25, -0.2) is 4.98 Å². The van der Waals surface area contributed by atoms with E-state index in [-0.39, 0.29) is 6.79 Å². The van der Waals surface area contributed by atoms with Gasteiger partial charge >= 0.3 is 6.01 Å². The highest BCUT2D eigenvalue weighted by atomic mass is 79.9. The summed E-state index contributed by atoms with van der Waals surface area (Å²) in [5.41, 5.74) is 0. The Hall–Kier alpha value is -1.31. The number of hydrogen-bond donors (Lipinski definition) is 0. The van der Waals surface area contributed by atoms with Crippen molar-refractivity contribution in [3.63, 3.8) is 0 Å². The first-order valence-corrected chi connectivity index (χ1v) is 12.0. The minimum atomic E-state index is -1.07. The number of imidazole rings is 1. The minimum absolute atomic E-state index is 0.231. The molecule has 2 rings (SSSR count). The molecule has 0 aliphatic carbocycles. The van der Waals surface area contributed by atoms with Crippen LogP contribution in [0.3, 0.4) is 0 Å². The summed E-state index contributed by atoms with van der Waals surface area (Å²) in [5, 5.41) is 0. The number of ether oxygens (including phenoxy) is 3. The van der Waals surface area contributed by atoms with Gasteiger partial charge in [0.25, 0.3) is 0 Å². The quantitative estimate of drug-likeness (QED) is 0.368. The van der Waals surface area contributed by atoms with E-state index in [0.717, 1.165) is 17.1 Å². The van der Waals surface area contributed by atoms with Gasteiger partial charge in [-0.1, -0.05) is 19.6 Å². The molecule has 0 saturated heterocycles. The maximum absolute atomic E-state index is 5.73. The number of aromatic nitrogens is 2. The van der Waals surface area contributed by atoms with Crippen LogP contribution in [0.4, 0.5) is 0 Å². The molecule has 0 spiro atoms. The van der Waals surface area contributed by atoms with Crippen LogP contribution in [0.5, 0.6) is 17.5 Å². The molecule has 7 heteroatoms. The van der Waals surface area contributed by atoms with Crippen molar-refractivity contribution >= 4 is 24.0 Å². The Bertz CT molecular complexity index is 640. The molecule has 126 valence electrons. The summed E-state index contributed by atoms with van der Waals surface area (Å²) in [6.07, 6.45) is 3.52. The van der Waals surface area contributed by atoms with Gasteiger partial charge in [-0.2, -0.15) is 0 Å². The number of nitrogens with zero attached hydrogens (tertiary/aromatic N) is 2. The average Bonchev–Trinajstić information content (AvgIpc) is 2.86. The normalized spacial score (nSPS) is 11.5. The molecule has 1 heterocycles. The fraction of sp³-hybridized carbons (Fsp3) is 0.438. The highest BCUT2D eigenvalue weighted by Gasteiger charge is 2.12. The van der Waals surface area contributed by atoms with Gasteiger partial charge in [-0.3, -0.25) is 0 Å². The van der Waals surface area contributed by atoms with Gasteiger partial charge in [0, 0.05) is 40.2 Å². The Morgan fingerprint density at radius 3 is 2.70 bits per heavy atom. The summed E-state index contributed by atoms with van der Waals surface area (Å²) in [6.45, 7) is 7.94. The average molecular weight is 399 g/mol. The Labute approximate surface area is 146 Å². The second-order valence-corrected chi connectivity index (χ2v) is 13.0. The second-order valence-electron chi connectivity index (χ2n) is 6.50. The molecule has 0 amide bonds. The monoisotopic (exact) mass is 398 g/mol.